The molecule has 6 heteroatoms. The number of imide groups is 1. The summed E-state index contributed by atoms with van der Waals surface area (Å²) in [6.45, 7) is 3.78. The Bertz CT molecular complexity index is 250. The Morgan fingerprint density at radius 1 is 1.29 bits per heavy atom. The molecule has 0 unspecified atom stereocenters. The second kappa shape index (κ2) is 5.33. The van der Waals surface area contributed by atoms with Gasteiger partial charge >= 0.3 is 11.8 Å². The fourth-order valence-corrected chi connectivity index (χ4v) is 0.881. The van der Waals surface area contributed by atoms with Crippen LogP contribution in [0.5, 0.6) is 0 Å². The summed E-state index contributed by atoms with van der Waals surface area (Å²) in [5, 5.41) is 1.81. The van der Waals surface area contributed by atoms with Crippen LogP contribution in [0.2, 0.25) is 0 Å². The first-order valence-corrected chi connectivity index (χ1v) is 4.24. The van der Waals surface area contributed by atoms with Crippen molar-refractivity contribution in [2.75, 3.05) is 0 Å². The molecule has 14 heavy (non-hydrogen) atoms. The molecule has 0 saturated carbocycles. The predicted molar refractivity (Wildman–Crippen MR) is 49.8 cm³/mol. The van der Waals surface area contributed by atoms with Crippen LogP contribution in [0.15, 0.2) is 0 Å². The van der Waals surface area contributed by atoms with Crippen LogP contribution in [0.4, 0.5) is 0 Å². The first-order chi connectivity index (χ1) is 6.34. The highest BCUT2D eigenvalue weighted by molar-refractivity contribution is 6.37. The maximum atomic E-state index is 11.1. The van der Waals surface area contributed by atoms with Crippen molar-refractivity contribution < 1.29 is 14.4 Å². The van der Waals surface area contributed by atoms with Crippen molar-refractivity contribution in [2.24, 2.45) is 17.4 Å². The number of carbonyl (C=O) groups is 3. The van der Waals surface area contributed by atoms with E-state index < -0.39 is 23.8 Å². The van der Waals surface area contributed by atoms with Crippen molar-refractivity contribution in [1.82, 2.24) is 5.32 Å². The van der Waals surface area contributed by atoms with E-state index in [1.54, 1.807) is 0 Å². The van der Waals surface area contributed by atoms with Crippen molar-refractivity contribution in [3.63, 3.8) is 0 Å². The van der Waals surface area contributed by atoms with Gasteiger partial charge in [0.15, 0.2) is 0 Å². The number of primary amides is 1. The molecule has 5 N–H and O–H groups in total. The van der Waals surface area contributed by atoms with Gasteiger partial charge in [-0.25, -0.2) is 0 Å². The van der Waals surface area contributed by atoms with Gasteiger partial charge in [0, 0.05) is 0 Å². The van der Waals surface area contributed by atoms with Gasteiger partial charge < -0.3 is 11.5 Å². The molecule has 0 bridgehead atoms. The number of nitrogens with two attached hydrogens (primary N) is 2. The Kier molecular flexibility index (Phi) is 4.79. The van der Waals surface area contributed by atoms with E-state index in [1.165, 1.54) is 0 Å². The molecule has 0 fully saturated rings. The van der Waals surface area contributed by atoms with Crippen LogP contribution in [0.25, 0.3) is 0 Å². The third-order valence-electron chi connectivity index (χ3n) is 1.52. The number of nitrogens with one attached hydrogen (secondary N) is 1. The van der Waals surface area contributed by atoms with E-state index in [1.807, 2.05) is 19.2 Å². The lowest BCUT2D eigenvalue weighted by atomic mass is 10.0. The highest BCUT2D eigenvalue weighted by atomic mass is 16.2. The molecule has 0 rings (SSSR count). The van der Waals surface area contributed by atoms with Gasteiger partial charge in [0.2, 0.25) is 5.91 Å². The zero-order chi connectivity index (χ0) is 11.3. The molecular formula is C8H15N3O3. The molecule has 0 saturated heterocycles. The Morgan fingerprint density at radius 3 is 2.14 bits per heavy atom. The highest BCUT2D eigenvalue weighted by Crippen LogP contribution is 2.02. The summed E-state index contributed by atoms with van der Waals surface area (Å²) in [4.78, 5) is 32.1. The molecule has 0 heterocycles. The standard InChI is InChI=1S/C8H15N3O3/c1-4(2)3-5(9)7(13)11-8(14)6(10)12/h4-5H,3,9H2,1-2H3,(H2,10,12)(H,11,13,14)/t5-/m1/s1. The summed E-state index contributed by atoms with van der Waals surface area (Å²) in [7, 11) is 0. The molecule has 0 radical (unpaired) electrons. The number of hydrogen-bond donors (Lipinski definition) is 3. The van der Waals surface area contributed by atoms with Gasteiger partial charge in [0.25, 0.3) is 0 Å². The molecule has 0 aromatic carbocycles. The molecule has 0 aliphatic heterocycles. The second-order valence-corrected chi connectivity index (χ2v) is 3.42. The summed E-state index contributed by atoms with van der Waals surface area (Å²) in [6, 6.07) is -0.793. The summed E-state index contributed by atoms with van der Waals surface area (Å²) in [5.74, 6) is -2.77. The van der Waals surface area contributed by atoms with E-state index in [0.29, 0.717) is 6.42 Å². The van der Waals surface area contributed by atoms with Crippen molar-refractivity contribution in [3.8, 4) is 0 Å². The predicted octanol–water partition coefficient (Wildman–Crippen LogP) is -1.51. The van der Waals surface area contributed by atoms with Gasteiger partial charge in [0.05, 0.1) is 6.04 Å². The van der Waals surface area contributed by atoms with Crippen molar-refractivity contribution in [3.05, 3.63) is 0 Å². The maximum Gasteiger partial charge on any atom is 0.315 e. The van der Waals surface area contributed by atoms with Crippen LogP contribution in [-0.4, -0.2) is 23.8 Å². The van der Waals surface area contributed by atoms with Gasteiger partial charge in [-0.15, -0.1) is 0 Å². The third-order valence-corrected chi connectivity index (χ3v) is 1.52. The Morgan fingerprint density at radius 2 is 1.79 bits per heavy atom. The number of rotatable bonds is 3. The van der Waals surface area contributed by atoms with Crippen LogP contribution < -0.4 is 16.8 Å². The molecular weight excluding hydrogens is 186 g/mol. The molecule has 6 nitrogen and oxygen atoms in total. The minimum Gasteiger partial charge on any atom is -0.361 e. The van der Waals surface area contributed by atoms with E-state index in [0.717, 1.165) is 0 Å². The van der Waals surface area contributed by atoms with Gasteiger partial charge in [-0.05, 0) is 12.3 Å². The molecule has 1 atom stereocenters. The van der Waals surface area contributed by atoms with Gasteiger partial charge in [-0.3, -0.25) is 19.7 Å². The SMILES string of the molecule is CC(C)C[C@@H](N)C(=O)NC(=O)C(N)=O. The summed E-state index contributed by atoms with van der Waals surface area (Å²) < 4.78 is 0. The molecule has 0 spiro atoms. The van der Waals surface area contributed by atoms with Crippen LogP contribution in [0.3, 0.4) is 0 Å². The monoisotopic (exact) mass is 201 g/mol. The Balaban J connectivity index is 4.08. The normalized spacial score (nSPS) is 12.3. The first-order valence-electron chi connectivity index (χ1n) is 4.24. The lowest BCUT2D eigenvalue weighted by molar-refractivity contribution is -0.141. The zero-order valence-electron chi connectivity index (χ0n) is 8.24. The Labute approximate surface area is 82.0 Å². The van der Waals surface area contributed by atoms with Crippen molar-refractivity contribution in [1.29, 1.82) is 0 Å². The zero-order valence-corrected chi connectivity index (χ0v) is 8.24. The quantitative estimate of drug-likeness (QED) is 0.481. The first kappa shape index (κ1) is 12.6. The average molecular weight is 201 g/mol. The maximum absolute atomic E-state index is 11.1. The number of carbonyl (C=O) groups excluding carboxylic acids is 3. The van der Waals surface area contributed by atoms with Gasteiger partial charge in [-0.2, -0.15) is 0 Å². The van der Waals surface area contributed by atoms with Crippen molar-refractivity contribution in [2.45, 2.75) is 26.3 Å². The average Bonchev–Trinajstić information content (AvgIpc) is 2.02. The van der Waals surface area contributed by atoms with Crippen molar-refractivity contribution >= 4 is 17.7 Å². The van der Waals surface area contributed by atoms with Crippen LogP contribution in [0.1, 0.15) is 20.3 Å². The minimum atomic E-state index is -1.20. The molecule has 0 aliphatic carbocycles. The number of amides is 3. The van der Waals surface area contributed by atoms with Crippen LogP contribution in [0, 0.1) is 5.92 Å². The molecule has 0 aromatic rings. The fourth-order valence-electron chi connectivity index (χ4n) is 0.881. The van der Waals surface area contributed by atoms with Gasteiger partial charge in [0.1, 0.15) is 0 Å². The number of hydrogen-bond acceptors (Lipinski definition) is 4. The van der Waals surface area contributed by atoms with E-state index in [2.05, 4.69) is 5.73 Å². The largest absolute Gasteiger partial charge is 0.361 e. The lowest BCUT2D eigenvalue weighted by Gasteiger charge is -2.12. The summed E-state index contributed by atoms with van der Waals surface area (Å²) in [6.07, 6.45) is 0.442. The summed E-state index contributed by atoms with van der Waals surface area (Å²) in [5.41, 5.74) is 10.1. The molecule has 0 aromatic heterocycles. The van der Waals surface area contributed by atoms with E-state index in [4.69, 9.17) is 5.73 Å². The molecule has 3 amide bonds. The second-order valence-electron chi connectivity index (χ2n) is 3.42. The molecule has 0 aliphatic rings. The van der Waals surface area contributed by atoms with E-state index >= 15 is 0 Å². The van der Waals surface area contributed by atoms with Gasteiger partial charge in [-0.1, -0.05) is 13.8 Å². The highest BCUT2D eigenvalue weighted by Gasteiger charge is 2.19. The molecule has 80 valence electrons. The minimum absolute atomic E-state index is 0.236. The smallest absolute Gasteiger partial charge is 0.315 e. The van der Waals surface area contributed by atoms with E-state index in [-0.39, 0.29) is 5.92 Å². The topological polar surface area (TPSA) is 115 Å². The third kappa shape index (κ3) is 4.56. The van der Waals surface area contributed by atoms with E-state index in [9.17, 15) is 14.4 Å². The lowest BCUT2D eigenvalue weighted by Crippen LogP contribution is -2.47. The summed E-state index contributed by atoms with van der Waals surface area (Å²) >= 11 is 0. The fraction of sp³-hybridized carbons (Fsp3) is 0.625. The van der Waals surface area contributed by atoms with Crippen LogP contribution >= 0.6 is 0 Å². The van der Waals surface area contributed by atoms with Crippen LogP contribution in [-0.2, 0) is 14.4 Å². The Hall–Kier alpha value is -1.43.